The van der Waals surface area contributed by atoms with E-state index < -0.39 is 0 Å². The number of hydrogen-bond acceptors (Lipinski definition) is 1. The molecule has 1 heterocycles. The van der Waals surface area contributed by atoms with Gasteiger partial charge in [0.2, 0.25) is 0 Å². The van der Waals surface area contributed by atoms with Gasteiger partial charge in [-0.15, -0.1) is 0 Å². The molecule has 0 aromatic carbocycles. The van der Waals surface area contributed by atoms with Crippen molar-refractivity contribution in [3.05, 3.63) is 0 Å². The van der Waals surface area contributed by atoms with E-state index in [2.05, 4.69) is 12.2 Å². The maximum atomic E-state index is 3.41. The van der Waals surface area contributed by atoms with Crippen LogP contribution in [0.25, 0.3) is 0 Å². The van der Waals surface area contributed by atoms with Crippen LogP contribution >= 0.6 is 0 Å². The highest BCUT2D eigenvalue weighted by Crippen LogP contribution is 2.56. The molecular weight excluding hydrogens is 98.1 g/mol. The summed E-state index contributed by atoms with van der Waals surface area (Å²) >= 11 is 0. The molecule has 2 rings (SSSR count). The molecule has 1 saturated heterocycles. The molecule has 0 aromatic heterocycles. The maximum Gasteiger partial charge on any atom is 0.00111 e. The van der Waals surface area contributed by atoms with E-state index in [1.54, 1.807) is 0 Å². The molecular formula is C7H13N. The first kappa shape index (κ1) is 4.80. The van der Waals surface area contributed by atoms with E-state index in [4.69, 9.17) is 0 Å². The average molecular weight is 111 g/mol. The minimum absolute atomic E-state index is 0.792. The molecule has 1 aliphatic carbocycles. The number of fused-ring (bicyclic) bond motifs is 1. The van der Waals surface area contributed by atoms with E-state index in [1.807, 2.05) is 0 Å². The van der Waals surface area contributed by atoms with E-state index in [-0.39, 0.29) is 0 Å². The highest BCUT2D eigenvalue weighted by atomic mass is 15.0. The molecule has 8 heavy (non-hydrogen) atoms. The molecule has 1 N–H and O–H groups in total. The van der Waals surface area contributed by atoms with Gasteiger partial charge in [0.05, 0.1) is 0 Å². The Kier molecular flexibility index (Phi) is 0.762. The summed E-state index contributed by atoms with van der Waals surface area (Å²) in [6.45, 7) is 4.91. The fraction of sp³-hybridized carbons (Fsp3) is 1.00. The zero-order chi connectivity index (χ0) is 5.61. The van der Waals surface area contributed by atoms with Crippen molar-refractivity contribution in [1.29, 1.82) is 0 Å². The van der Waals surface area contributed by atoms with Crippen molar-refractivity contribution >= 4 is 0 Å². The Hall–Kier alpha value is -0.0400. The van der Waals surface area contributed by atoms with Crippen molar-refractivity contribution in [2.75, 3.05) is 13.1 Å². The third-order valence-electron chi connectivity index (χ3n) is 2.93. The van der Waals surface area contributed by atoms with Gasteiger partial charge in [-0.2, -0.15) is 0 Å². The third-order valence-corrected chi connectivity index (χ3v) is 2.93. The largest absolute Gasteiger partial charge is 0.316 e. The van der Waals surface area contributed by atoms with Crippen molar-refractivity contribution in [3.63, 3.8) is 0 Å². The lowest BCUT2D eigenvalue weighted by molar-refractivity contribution is 0.496. The Labute approximate surface area is 50.5 Å². The molecule has 2 atom stereocenters. The summed E-state index contributed by atoms with van der Waals surface area (Å²) in [6.07, 6.45) is 2.90. The van der Waals surface area contributed by atoms with E-state index in [1.165, 1.54) is 25.9 Å². The molecule has 46 valence electrons. The summed E-state index contributed by atoms with van der Waals surface area (Å²) in [5.74, 6) is 1.06. The predicted octanol–water partition coefficient (Wildman–Crippen LogP) is 1.01. The molecule has 0 spiro atoms. The molecule has 0 radical (unpaired) electrons. The van der Waals surface area contributed by atoms with E-state index in [0.717, 1.165) is 11.3 Å². The smallest absolute Gasteiger partial charge is 0.00111 e. The van der Waals surface area contributed by atoms with Crippen molar-refractivity contribution in [2.24, 2.45) is 11.3 Å². The van der Waals surface area contributed by atoms with Crippen LogP contribution < -0.4 is 5.32 Å². The standard InChI is InChI=1S/C7H13N/c1-2-7-3-6(7)4-8-5-7/h6,8H,2-5H2,1H3/t6-,7+/m1/s1. The van der Waals surface area contributed by atoms with Gasteiger partial charge in [-0.1, -0.05) is 6.92 Å². The van der Waals surface area contributed by atoms with Gasteiger partial charge in [0.25, 0.3) is 0 Å². The Morgan fingerprint density at radius 1 is 1.75 bits per heavy atom. The van der Waals surface area contributed by atoms with Crippen molar-refractivity contribution in [2.45, 2.75) is 19.8 Å². The normalized spacial score (nSPS) is 51.4. The molecule has 1 nitrogen and oxygen atoms in total. The number of rotatable bonds is 1. The molecule has 2 fully saturated rings. The van der Waals surface area contributed by atoms with Crippen LogP contribution in [0.1, 0.15) is 19.8 Å². The van der Waals surface area contributed by atoms with Gasteiger partial charge in [0.15, 0.2) is 0 Å². The van der Waals surface area contributed by atoms with Crippen LogP contribution in [0.5, 0.6) is 0 Å². The number of nitrogens with one attached hydrogen (secondary N) is 1. The molecule has 0 unspecified atom stereocenters. The van der Waals surface area contributed by atoms with Crippen molar-refractivity contribution in [1.82, 2.24) is 5.32 Å². The van der Waals surface area contributed by atoms with E-state index in [9.17, 15) is 0 Å². The SMILES string of the molecule is CC[C@]12CNC[C@H]1C2. The molecule has 1 saturated carbocycles. The minimum Gasteiger partial charge on any atom is -0.316 e. The third kappa shape index (κ3) is 0.408. The molecule has 1 aliphatic heterocycles. The molecule has 1 heteroatoms. The monoisotopic (exact) mass is 111 g/mol. The zero-order valence-electron chi connectivity index (χ0n) is 5.41. The molecule has 2 aliphatic rings. The summed E-state index contributed by atoms with van der Waals surface area (Å²) in [7, 11) is 0. The second-order valence-corrected chi connectivity index (χ2v) is 3.25. The zero-order valence-corrected chi connectivity index (χ0v) is 5.41. The van der Waals surface area contributed by atoms with E-state index >= 15 is 0 Å². The summed E-state index contributed by atoms with van der Waals surface area (Å²) in [4.78, 5) is 0. The van der Waals surface area contributed by atoms with Gasteiger partial charge in [-0.3, -0.25) is 0 Å². The average Bonchev–Trinajstić information content (AvgIpc) is 2.38. The van der Waals surface area contributed by atoms with Crippen LogP contribution in [0.3, 0.4) is 0 Å². The molecule has 0 amide bonds. The van der Waals surface area contributed by atoms with Crippen LogP contribution in [-0.2, 0) is 0 Å². The first-order valence-corrected chi connectivity index (χ1v) is 3.58. The quantitative estimate of drug-likeness (QED) is 0.532. The van der Waals surface area contributed by atoms with Gasteiger partial charge in [0.1, 0.15) is 0 Å². The Morgan fingerprint density at radius 2 is 2.62 bits per heavy atom. The van der Waals surface area contributed by atoms with Crippen LogP contribution in [0.2, 0.25) is 0 Å². The second-order valence-electron chi connectivity index (χ2n) is 3.25. The fourth-order valence-electron chi connectivity index (χ4n) is 1.99. The van der Waals surface area contributed by atoms with Gasteiger partial charge in [0, 0.05) is 6.54 Å². The Balaban J connectivity index is 2.08. The highest BCUT2D eigenvalue weighted by molar-refractivity contribution is 5.08. The Morgan fingerprint density at radius 3 is 2.88 bits per heavy atom. The van der Waals surface area contributed by atoms with Crippen LogP contribution in [-0.4, -0.2) is 13.1 Å². The Bertz CT molecular complexity index is 107. The lowest BCUT2D eigenvalue weighted by atomic mass is 10.0. The molecule has 0 bridgehead atoms. The minimum atomic E-state index is 0.792. The fourth-order valence-corrected chi connectivity index (χ4v) is 1.99. The van der Waals surface area contributed by atoms with Gasteiger partial charge < -0.3 is 5.32 Å². The van der Waals surface area contributed by atoms with Gasteiger partial charge in [-0.25, -0.2) is 0 Å². The maximum absolute atomic E-state index is 3.41. The summed E-state index contributed by atoms with van der Waals surface area (Å²) in [5.41, 5.74) is 0.792. The first-order valence-electron chi connectivity index (χ1n) is 3.58. The number of hydrogen-bond donors (Lipinski definition) is 1. The predicted molar refractivity (Wildman–Crippen MR) is 33.7 cm³/mol. The van der Waals surface area contributed by atoms with E-state index in [0.29, 0.717) is 0 Å². The lowest BCUT2D eigenvalue weighted by Crippen LogP contribution is -2.15. The summed E-state index contributed by atoms with van der Waals surface area (Å²) in [5, 5.41) is 3.41. The number of piperidine rings is 1. The lowest BCUT2D eigenvalue weighted by Gasteiger charge is -2.04. The second kappa shape index (κ2) is 1.27. The summed E-state index contributed by atoms with van der Waals surface area (Å²) < 4.78 is 0. The topological polar surface area (TPSA) is 12.0 Å². The van der Waals surface area contributed by atoms with Crippen molar-refractivity contribution in [3.8, 4) is 0 Å². The van der Waals surface area contributed by atoms with Crippen LogP contribution in [0, 0.1) is 11.3 Å². The first-order chi connectivity index (χ1) is 3.87. The van der Waals surface area contributed by atoms with Crippen molar-refractivity contribution < 1.29 is 0 Å². The summed E-state index contributed by atoms with van der Waals surface area (Å²) in [6, 6.07) is 0. The highest BCUT2D eigenvalue weighted by Gasteiger charge is 2.55. The van der Waals surface area contributed by atoms with Gasteiger partial charge in [-0.05, 0) is 30.7 Å². The van der Waals surface area contributed by atoms with Crippen LogP contribution in [0.4, 0.5) is 0 Å². The van der Waals surface area contributed by atoms with Crippen LogP contribution in [0.15, 0.2) is 0 Å². The molecule has 0 aromatic rings. The van der Waals surface area contributed by atoms with Gasteiger partial charge >= 0.3 is 0 Å².